The minimum absolute atomic E-state index is 0.107. The molecule has 8 nitrogen and oxygen atoms in total. The van der Waals surface area contributed by atoms with Gasteiger partial charge in [-0.1, -0.05) is 37.3 Å². The van der Waals surface area contributed by atoms with Crippen LogP contribution in [0.3, 0.4) is 0 Å². The first kappa shape index (κ1) is 21.1. The van der Waals surface area contributed by atoms with Crippen molar-refractivity contribution >= 4 is 34.0 Å². The molecule has 0 saturated carbocycles. The van der Waals surface area contributed by atoms with E-state index in [1.165, 1.54) is 42.0 Å². The number of hydrogen-bond donors (Lipinski definition) is 2. The first-order chi connectivity index (χ1) is 14.4. The fourth-order valence-corrected chi connectivity index (χ4v) is 3.42. The Morgan fingerprint density at radius 1 is 1.20 bits per heavy atom. The third-order valence-electron chi connectivity index (χ3n) is 4.45. The highest BCUT2D eigenvalue weighted by atomic mass is 32.1. The van der Waals surface area contributed by atoms with E-state index in [1.807, 2.05) is 29.6 Å². The lowest BCUT2D eigenvalue weighted by Gasteiger charge is -2.13. The summed E-state index contributed by atoms with van der Waals surface area (Å²) in [4.78, 5) is 39.4. The van der Waals surface area contributed by atoms with Crippen LogP contribution in [0.15, 0.2) is 53.9 Å². The molecule has 0 bridgehead atoms. The number of hydrogen-bond acceptors (Lipinski definition) is 6. The lowest BCUT2D eigenvalue weighted by Crippen LogP contribution is -2.41. The number of nitro groups is 1. The number of carbonyl (C=O) groups is 2. The molecule has 2 aromatic carbocycles. The molecular weight excluding hydrogens is 404 g/mol. The van der Waals surface area contributed by atoms with Gasteiger partial charge in [0.1, 0.15) is 6.04 Å². The number of nitro benzene ring substituents is 1. The molecule has 3 rings (SSSR count). The number of anilines is 1. The molecule has 2 N–H and O–H groups in total. The second-order valence-electron chi connectivity index (χ2n) is 6.58. The summed E-state index contributed by atoms with van der Waals surface area (Å²) in [6.45, 7) is 3.62. The van der Waals surface area contributed by atoms with Crippen LogP contribution in [0.1, 0.15) is 29.8 Å². The fourth-order valence-electron chi connectivity index (χ4n) is 2.69. The molecule has 0 radical (unpaired) electrons. The van der Waals surface area contributed by atoms with Crippen molar-refractivity contribution in [3.8, 4) is 11.3 Å². The Hall–Kier alpha value is -3.59. The molecule has 0 aliphatic rings. The third-order valence-corrected chi connectivity index (χ3v) is 5.21. The number of amides is 2. The molecule has 0 spiro atoms. The summed E-state index contributed by atoms with van der Waals surface area (Å²) < 4.78 is 0. The summed E-state index contributed by atoms with van der Waals surface area (Å²) in [5, 5.41) is 18.3. The Bertz CT molecular complexity index is 1080. The molecule has 0 saturated heterocycles. The highest BCUT2D eigenvalue weighted by Gasteiger charge is 2.19. The monoisotopic (exact) mass is 424 g/mol. The van der Waals surface area contributed by atoms with Crippen molar-refractivity contribution < 1.29 is 14.5 Å². The van der Waals surface area contributed by atoms with Gasteiger partial charge < -0.3 is 10.6 Å². The zero-order chi connectivity index (χ0) is 21.7. The maximum atomic E-state index is 12.4. The van der Waals surface area contributed by atoms with E-state index >= 15 is 0 Å². The number of thiazole rings is 1. The first-order valence-electron chi connectivity index (χ1n) is 9.28. The molecule has 154 valence electrons. The minimum atomic E-state index is -0.854. The maximum absolute atomic E-state index is 12.4. The summed E-state index contributed by atoms with van der Waals surface area (Å²) in [6.07, 6.45) is 0.957. The van der Waals surface area contributed by atoms with E-state index in [9.17, 15) is 19.7 Å². The van der Waals surface area contributed by atoms with Crippen LogP contribution in [-0.4, -0.2) is 27.8 Å². The highest BCUT2D eigenvalue weighted by molar-refractivity contribution is 7.14. The second kappa shape index (κ2) is 9.27. The topological polar surface area (TPSA) is 114 Å². The van der Waals surface area contributed by atoms with Crippen LogP contribution >= 0.6 is 11.3 Å². The van der Waals surface area contributed by atoms with Crippen molar-refractivity contribution in [2.75, 3.05) is 5.32 Å². The van der Waals surface area contributed by atoms with Gasteiger partial charge in [0, 0.05) is 28.6 Å². The summed E-state index contributed by atoms with van der Waals surface area (Å²) in [5.74, 6) is -1.01. The van der Waals surface area contributed by atoms with Gasteiger partial charge in [-0.05, 0) is 25.0 Å². The van der Waals surface area contributed by atoms with E-state index in [4.69, 9.17) is 0 Å². The van der Waals surface area contributed by atoms with Crippen molar-refractivity contribution in [3.05, 3.63) is 75.2 Å². The number of non-ortho nitro benzene ring substituents is 1. The normalized spacial score (nSPS) is 11.5. The predicted octanol–water partition coefficient (Wildman–Crippen LogP) is 4.04. The quantitative estimate of drug-likeness (QED) is 0.439. The summed E-state index contributed by atoms with van der Waals surface area (Å²) in [6, 6.07) is 12.5. The van der Waals surface area contributed by atoms with Crippen LogP contribution in [-0.2, 0) is 11.2 Å². The Balaban J connectivity index is 1.61. The third kappa shape index (κ3) is 5.06. The van der Waals surface area contributed by atoms with E-state index in [0.29, 0.717) is 5.13 Å². The van der Waals surface area contributed by atoms with Crippen LogP contribution in [0.25, 0.3) is 11.3 Å². The van der Waals surface area contributed by atoms with Crippen molar-refractivity contribution in [3.63, 3.8) is 0 Å². The summed E-state index contributed by atoms with van der Waals surface area (Å²) >= 11 is 1.29. The van der Waals surface area contributed by atoms with Crippen molar-refractivity contribution in [1.82, 2.24) is 10.3 Å². The van der Waals surface area contributed by atoms with Gasteiger partial charge in [0.2, 0.25) is 5.91 Å². The van der Waals surface area contributed by atoms with Gasteiger partial charge in [-0.2, -0.15) is 0 Å². The van der Waals surface area contributed by atoms with Gasteiger partial charge in [-0.25, -0.2) is 4.98 Å². The zero-order valence-corrected chi connectivity index (χ0v) is 17.2. The molecule has 0 fully saturated rings. The predicted molar refractivity (Wildman–Crippen MR) is 116 cm³/mol. The smallest absolute Gasteiger partial charge is 0.270 e. The fraction of sp³-hybridized carbons (Fsp3) is 0.190. The molecule has 0 aliphatic heterocycles. The van der Waals surface area contributed by atoms with Gasteiger partial charge >= 0.3 is 0 Å². The molecule has 30 heavy (non-hydrogen) atoms. The number of benzene rings is 2. The zero-order valence-electron chi connectivity index (χ0n) is 16.4. The largest absolute Gasteiger partial charge is 0.341 e. The number of aryl methyl sites for hydroxylation is 1. The van der Waals surface area contributed by atoms with E-state index in [1.54, 1.807) is 0 Å². The molecule has 0 aliphatic carbocycles. The Morgan fingerprint density at radius 2 is 1.93 bits per heavy atom. The Kier molecular flexibility index (Phi) is 6.53. The lowest BCUT2D eigenvalue weighted by molar-refractivity contribution is -0.384. The van der Waals surface area contributed by atoms with Crippen LogP contribution in [0.4, 0.5) is 10.8 Å². The molecule has 3 aromatic rings. The van der Waals surface area contributed by atoms with Crippen LogP contribution in [0.5, 0.6) is 0 Å². The molecule has 1 aromatic heterocycles. The van der Waals surface area contributed by atoms with Crippen molar-refractivity contribution in [2.24, 2.45) is 0 Å². The number of nitrogens with zero attached hydrogens (tertiary/aromatic N) is 2. The molecular formula is C21H20N4O4S. The molecule has 2 amide bonds. The standard InChI is InChI=1S/C21H20N4O4S/c1-3-14-7-9-15(10-8-14)18-12-30-21(23-18)24-19(26)13(2)22-20(27)16-5-4-6-17(11-16)25(28)29/h4-13H,3H2,1-2H3,(H,22,27)(H,23,24,26). The second-order valence-corrected chi connectivity index (χ2v) is 7.44. The van der Waals surface area contributed by atoms with Gasteiger partial charge in [0.25, 0.3) is 11.6 Å². The average molecular weight is 424 g/mol. The van der Waals surface area contributed by atoms with Gasteiger partial charge in [0.15, 0.2) is 5.13 Å². The van der Waals surface area contributed by atoms with Crippen LogP contribution < -0.4 is 10.6 Å². The van der Waals surface area contributed by atoms with E-state index in [0.717, 1.165) is 23.7 Å². The van der Waals surface area contributed by atoms with Crippen molar-refractivity contribution in [2.45, 2.75) is 26.3 Å². The summed E-state index contributed by atoms with van der Waals surface area (Å²) in [7, 11) is 0. The van der Waals surface area contributed by atoms with Gasteiger partial charge in [-0.3, -0.25) is 19.7 Å². The Morgan fingerprint density at radius 3 is 2.60 bits per heavy atom. The highest BCUT2D eigenvalue weighted by Crippen LogP contribution is 2.25. The van der Waals surface area contributed by atoms with E-state index in [2.05, 4.69) is 22.5 Å². The van der Waals surface area contributed by atoms with Crippen molar-refractivity contribution in [1.29, 1.82) is 0 Å². The van der Waals surface area contributed by atoms with E-state index < -0.39 is 22.8 Å². The molecule has 9 heteroatoms. The SMILES string of the molecule is CCc1ccc(-c2csc(NC(=O)C(C)NC(=O)c3cccc([N+](=O)[O-])c3)n2)cc1. The molecule has 1 atom stereocenters. The van der Waals surface area contributed by atoms with Crippen LogP contribution in [0.2, 0.25) is 0 Å². The van der Waals surface area contributed by atoms with Crippen LogP contribution in [0, 0.1) is 10.1 Å². The van der Waals surface area contributed by atoms with E-state index in [-0.39, 0.29) is 11.3 Å². The lowest BCUT2D eigenvalue weighted by atomic mass is 10.1. The van der Waals surface area contributed by atoms with Gasteiger partial charge in [0.05, 0.1) is 10.6 Å². The summed E-state index contributed by atoms with van der Waals surface area (Å²) in [5.41, 5.74) is 2.86. The Labute approximate surface area is 177 Å². The number of carbonyl (C=O) groups excluding carboxylic acids is 2. The maximum Gasteiger partial charge on any atom is 0.270 e. The van der Waals surface area contributed by atoms with Gasteiger partial charge in [-0.15, -0.1) is 11.3 Å². The number of rotatable bonds is 7. The molecule has 1 unspecified atom stereocenters. The minimum Gasteiger partial charge on any atom is -0.341 e. The molecule has 1 heterocycles. The first-order valence-corrected chi connectivity index (χ1v) is 10.2. The number of aromatic nitrogens is 1. The average Bonchev–Trinajstić information content (AvgIpc) is 3.22. The number of nitrogens with one attached hydrogen (secondary N) is 2.